The molecular formula is C13H18N2O3. The Balaban J connectivity index is 1.80. The molecule has 0 radical (unpaired) electrons. The quantitative estimate of drug-likeness (QED) is 0.458. The summed E-state index contributed by atoms with van der Waals surface area (Å²) in [7, 11) is 0. The largest absolute Gasteiger partial charge is 0.493 e. The SMILES string of the molecule is Cc1c(OCCCNC2CC2)cccc1[N+](=O)[O-]. The number of benzene rings is 1. The highest BCUT2D eigenvalue weighted by Gasteiger charge is 2.19. The first kappa shape index (κ1) is 12.8. The molecule has 1 aromatic carbocycles. The first-order valence-electron chi connectivity index (χ1n) is 6.28. The number of hydrogen-bond donors (Lipinski definition) is 1. The second-order valence-corrected chi connectivity index (χ2v) is 4.59. The third-order valence-electron chi connectivity index (χ3n) is 3.04. The molecule has 0 amide bonds. The van der Waals surface area contributed by atoms with Crippen LogP contribution in [0, 0.1) is 17.0 Å². The smallest absolute Gasteiger partial charge is 0.276 e. The van der Waals surface area contributed by atoms with Crippen LogP contribution in [-0.4, -0.2) is 24.1 Å². The van der Waals surface area contributed by atoms with Gasteiger partial charge in [-0.2, -0.15) is 0 Å². The zero-order valence-corrected chi connectivity index (χ0v) is 10.5. The van der Waals surface area contributed by atoms with E-state index < -0.39 is 0 Å². The summed E-state index contributed by atoms with van der Waals surface area (Å²) in [6, 6.07) is 5.64. The molecule has 1 fully saturated rings. The lowest BCUT2D eigenvalue weighted by molar-refractivity contribution is -0.385. The number of nitro groups is 1. The Hall–Kier alpha value is -1.62. The number of rotatable bonds is 7. The maximum Gasteiger partial charge on any atom is 0.276 e. The van der Waals surface area contributed by atoms with Crippen LogP contribution in [0.4, 0.5) is 5.69 Å². The molecule has 98 valence electrons. The maximum absolute atomic E-state index is 10.8. The summed E-state index contributed by atoms with van der Waals surface area (Å²) >= 11 is 0. The standard InChI is InChI=1S/C13H18N2O3/c1-10-12(15(16)17)4-2-5-13(10)18-9-3-8-14-11-6-7-11/h2,4-5,11,14H,3,6-9H2,1H3. The molecule has 1 N–H and O–H groups in total. The Kier molecular flexibility index (Phi) is 4.15. The van der Waals surface area contributed by atoms with E-state index in [9.17, 15) is 10.1 Å². The van der Waals surface area contributed by atoms with E-state index in [-0.39, 0.29) is 10.6 Å². The normalized spacial score (nSPS) is 14.5. The highest BCUT2D eigenvalue weighted by Crippen LogP contribution is 2.27. The molecular weight excluding hydrogens is 232 g/mol. The van der Waals surface area contributed by atoms with Crippen LogP contribution < -0.4 is 10.1 Å². The van der Waals surface area contributed by atoms with Crippen molar-refractivity contribution in [2.24, 2.45) is 0 Å². The van der Waals surface area contributed by atoms with Crippen molar-refractivity contribution in [2.45, 2.75) is 32.2 Å². The molecule has 0 unspecified atom stereocenters. The summed E-state index contributed by atoms with van der Waals surface area (Å²) in [4.78, 5) is 10.4. The third-order valence-corrected chi connectivity index (χ3v) is 3.04. The van der Waals surface area contributed by atoms with Gasteiger partial charge in [-0.3, -0.25) is 10.1 Å². The summed E-state index contributed by atoms with van der Waals surface area (Å²) in [5.74, 6) is 0.607. The summed E-state index contributed by atoms with van der Waals surface area (Å²) in [6.45, 7) is 3.25. The molecule has 18 heavy (non-hydrogen) atoms. The molecule has 1 aliphatic rings. The molecule has 0 spiro atoms. The fraction of sp³-hybridized carbons (Fsp3) is 0.538. The van der Waals surface area contributed by atoms with Gasteiger partial charge in [0.2, 0.25) is 0 Å². The van der Waals surface area contributed by atoms with Crippen LogP contribution in [-0.2, 0) is 0 Å². The summed E-state index contributed by atoms with van der Waals surface area (Å²) in [5.41, 5.74) is 0.709. The highest BCUT2D eigenvalue weighted by molar-refractivity contribution is 5.48. The maximum atomic E-state index is 10.8. The summed E-state index contributed by atoms with van der Waals surface area (Å²) in [5, 5.41) is 14.2. The second-order valence-electron chi connectivity index (χ2n) is 4.59. The van der Waals surface area contributed by atoms with Gasteiger partial charge in [-0.15, -0.1) is 0 Å². The monoisotopic (exact) mass is 250 g/mol. The molecule has 0 saturated heterocycles. The van der Waals surface area contributed by atoms with Gasteiger partial charge in [0.25, 0.3) is 5.69 Å². The van der Waals surface area contributed by atoms with Crippen LogP contribution in [0.2, 0.25) is 0 Å². The molecule has 0 bridgehead atoms. The van der Waals surface area contributed by atoms with E-state index >= 15 is 0 Å². The minimum atomic E-state index is -0.378. The molecule has 1 aliphatic carbocycles. The lowest BCUT2D eigenvalue weighted by atomic mass is 10.2. The minimum absolute atomic E-state index is 0.114. The molecule has 0 atom stereocenters. The van der Waals surface area contributed by atoms with Crippen LogP contribution in [0.5, 0.6) is 5.75 Å². The Morgan fingerprint density at radius 3 is 2.94 bits per heavy atom. The number of nitrogens with zero attached hydrogens (tertiary/aromatic N) is 1. The van der Waals surface area contributed by atoms with Crippen molar-refractivity contribution in [3.05, 3.63) is 33.9 Å². The lowest BCUT2D eigenvalue weighted by Crippen LogP contribution is -2.19. The fourth-order valence-electron chi connectivity index (χ4n) is 1.80. The number of hydrogen-bond acceptors (Lipinski definition) is 4. The van der Waals surface area contributed by atoms with E-state index in [2.05, 4.69) is 5.32 Å². The van der Waals surface area contributed by atoms with E-state index in [0.717, 1.165) is 13.0 Å². The van der Waals surface area contributed by atoms with Gasteiger partial charge < -0.3 is 10.1 Å². The van der Waals surface area contributed by atoms with Crippen LogP contribution in [0.15, 0.2) is 18.2 Å². The highest BCUT2D eigenvalue weighted by atomic mass is 16.6. The van der Waals surface area contributed by atoms with Crippen LogP contribution in [0.1, 0.15) is 24.8 Å². The van der Waals surface area contributed by atoms with Gasteiger partial charge in [0.15, 0.2) is 0 Å². The molecule has 0 aliphatic heterocycles. The van der Waals surface area contributed by atoms with E-state index in [1.165, 1.54) is 18.9 Å². The summed E-state index contributed by atoms with van der Waals surface area (Å²) < 4.78 is 5.59. The van der Waals surface area contributed by atoms with Crippen molar-refractivity contribution in [1.82, 2.24) is 5.32 Å². The average Bonchev–Trinajstić information content (AvgIpc) is 3.14. The molecule has 1 aromatic rings. The first-order chi connectivity index (χ1) is 8.68. The molecule has 5 heteroatoms. The molecule has 0 aromatic heterocycles. The number of nitro benzene ring substituents is 1. The van der Waals surface area contributed by atoms with Crippen LogP contribution in [0.25, 0.3) is 0 Å². The second kappa shape index (κ2) is 5.82. The van der Waals surface area contributed by atoms with Crippen molar-refractivity contribution >= 4 is 5.69 Å². The van der Waals surface area contributed by atoms with Gasteiger partial charge in [0.1, 0.15) is 5.75 Å². The van der Waals surface area contributed by atoms with E-state index in [1.54, 1.807) is 19.1 Å². The van der Waals surface area contributed by atoms with Crippen LogP contribution >= 0.6 is 0 Å². The topological polar surface area (TPSA) is 64.4 Å². The van der Waals surface area contributed by atoms with E-state index in [0.29, 0.717) is 24.0 Å². The molecule has 2 rings (SSSR count). The van der Waals surface area contributed by atoms with Crippen molar-refractivity contribution < 1.29 is 9.66 Å². The van der Waals surface area contributed by atoms with Crippen molar-refractivity contribution in [2.75, 3.05) is 13.2 Å². The van der Waals surface area contributed by atoms with Crippen molar-refractivity contribution in [3.8, 4) is 5.75 Å². The Labute approximate surface area is 106 Å². The van der Waals surface area contributed by atoms with Gasteiger partial charge in [-0.25, -0.2) is 0 Å². The predicted molar refractivity (Wildman–Crippen MR) is 69.0 cm³/mol. The van der Waals surface area contributed by atoms with E-state index in [1.807, 2.05) is 0 Å². The Morgan fingerprint density at radius 2 is 2.28 bits per heavy atom. The zero-order chi connectivity index (χ0) is 13.0. The predicted octanol–water partition coefficient (Wildman–Crippen LogP) is 2.42. The Bertz CT molecular complexity index is 430. The molecule has 1 saturated carbocycles. The fourth-order valence-corrected chi connectivity index (χ4v) is 1.80. The van der Waals surface area contributed by atoms with Crippen LogP contribution in [0.3, 0.4) is 0 Å². The lowest BCUT2D eigenvalue weighted by Gasteiger charge is -2.09. The van der Waals surface area contributed by atoms with Crippen molar-refractivity contribution in [1.29, 1.82) is 0 Å². The third kappa shape index (κ3) is 3.43. The summed E-state index contributed by atoms with van der Waals surface area (Å²) in [6.07, 6.45) is 3.48. The first-order valence-corrected chi connectivity index (χ1v) is 6.28. The molecule has 0 heterocycles. The van der Waals surface area contributed by atoms with Gasteiger partial charge in [0, 0.05) is 12.1 Å². The minimum Gasteiger partial charge on any atom is -0.493 e. The van der Waals surface area contributed by atoms with Gasteiger partial charge in [-0.1, -0.05) is 6.07 Å². The average molecular weight is 250 g/mol. The van der Waals surface area contributed by atoms with Gasteiger partial charge in [-0.05, 0) is 38.8 Å². The van der Waals surface area contributed by atoms with E-state index in [4.69, 9.17) is 4.74 Å². The number of ether oxygens (including phenoxy) is 1. The Morgan fingerprint density at radius 1 is 1.50 bits per heavy atom. The number of nitrogens with one attached hydrogen (secondary N) is 1. The molecule has 5 nitrogen and oxygen atoms in total. The van der Waals surface area contributed by atoms with Gasteiger partial charge >= 0.3 is 0 Å². The van der Waals surface area contributed by atoms with Crippen molar-refractivity contribution in [3.63, 3.8) is 0 Å². The zero-order valence-electron chi connectivity index (χ0n) is 10.5. The van der Waals surface area contributed by atoms with Gasteiger partial charge in [0.05, 0.1) is 17.1 Å².